The average molecular weight is 167 g/mol. The smallest absolute Gasteiger partial charge is 0.123 e. The third-order valence-electron chi connectivity index (χ3n) is 3.43. The third-order valence-corrected chi connectivity index (χ3v) is 3.43. The summed E-state index contributed by atoms with van der Waals surface area (Å²) in [6, 6.07) is 0. The Kier molecular flexibility index (Phi) is 2.87. The van der Waals surface area contributed by atoms with E-state index in [1.807, 2.05) is 0 Å². The molecule has 2 atom stereocenters. The predicted octanol–water partition coefficient (Wildman–Crippen LogP) is 1.33. The molecular weight excluding hydrogens is 145 g/mol. The molecule has 0 amide bonds. The second-order valence-corrected chi connectivity index (χ2v) is 5.42. The lowest BCUT2D eigenvalue weighted by Crippen LogP contribution is -2.43. The number of nitrogens with zero attached hydrogens (tertiary/aromatic N) is 1. The van der Waals surface area contributed by atoms with Gasteiger partial charge in [0.1, 0.15) is 7.85 Å². The number of piperidine rings is 1. The summed E-state index contributed by atoms with van der Waals surface area (Å²) >= 11 is 0. The standard InChI is InChI=1S/C10H22BN/c1-10(2,3)8-5-6-12(4)9(11)7-8/h8-9H,5-7,11H2,1-4H3. The van der Waals surface area contributed by atoms with E-state index in [-0.39, 0.29) is 0 Å². The fraction of sp³-hybridized carbons (Fsp3) is 1.00. The zero-order chi connectivity index (χ0) is 9.35. The molecule has 0 aromatic carbocycles. The maximum Gasteiger partial charge on any atom is 0.123 e. The van der Waals surface area contributed by atoms with Gasteiger partial charge in [-0.15, -0.1) is 0 Å². The van der Waals surface area contributed by atoms with E-state index in [1.54, 1.807) is 0 Å². The summed E-state index contributed by atoms with van der Waals surface area (Å²) in [5, 5.41) is 0. The summed E-state index contributed by atoms with van der Waals surface area (Å²) in [6.45, 7) is 8.39. The first kappa shape index (κ1) is 10.1. The fourth-order valence-electron chi connectivity index (χ4n) is 2.08. The van der Waals surface area contributed by atoms with Crippen LogP contribution in [0.2, 0.25) is 0 Å². The van der Waals surface area contributed by atoms with Gasteiger partial charge >= 0.3 is 0 Å². The van der Waals surface area contributed by atoms with E-state index in [9.17, 15) is 0 Å². The Morgan fingerprint density at radius 3 is 2.33 bits per heavy atom. The Morgan fingerprint density at radius 1 is 1.33 bits per heavy atom. The van der Waals surface area contributed by atoms with Gasteiger partial charge in [0.2, 0.25) is 0 Å². The van der Waals surface area contributed by atoms with E-state index < -0.39 is 0 Å². The summed E-state index contributed by atoms with van der Waals surface area (Å²) < 4.78 is 0. The Morgan fingerprint density at radius 2 is 1.92 bits per heavy atom. The van der Waals surface area contributed by atoms with Crippen molar-refractivity contribution in [1.29, 1.82) is 0 Å². The molecule has 1 fully saturated rings. The largest absolute Gasteiger partial charge is 0.311 e. The molecule has 0 aromatic rings. The van der Waals surface area contributed by atoms with E-state index in [4.69, 9.17) is 0 Å². The van der Waals surface area contributed by atoms with Crippen LogP contribution in [-0.4, -0.2) is 32.3 Å². The monoisotopic (exact) mass is 167 g/mol. The van der Waals surface area contributed by atoms with Crippen LogP contribution in [0.4, 0.5) is 0 Å². The van der Waals surface area contributed by atoms with Crippen molar-refractivity contribution in [2.24, 2.45) is 11.3 Å². The van der Waals surface area contributed by atoms with Crippen LogP contribution < -0.4 is 0 Å². The zero-order valence-electron chi connectivity index (χ0n) is 9.22. The van der Waals surface area contributed by atoms with E-state index >= 15 is 0 Å². The van der Waals surface area contributed by atoms with Gasteiger partial charge in [-0.3, -0.25) is 0 Å². The van der Waals surface area contributed by atoms with Crippen molar-refractivity contribution in [3.05, 3.63) is 0 Å². The van der Waals surface area contributed by atoms with Gasteiger partial charge in [0.25, 0.3) is 0 Å². The molecule has 2 heteroatoms. The first-order valence-electron chi connectivity index (χ1n) is 5.11. The van der Waals surface area contributed by atoms with Crippen LogP contribution >= 0.6 is 0 Å². The summed E-state index contributed by atoms with van der Waals surface area (Å²) in [4.78, 5) is 2.47. The maximum atomic E-state index is 2.47. The molecule has 1 rings (SSSR count). The lowest BCUT2D eigenvalue weighted by Gasteiger charge is -2.41. The fourth-order valence-corrected chi connectivity index (χ4v) is 2.08. The van der Waals surface area contributed by atoms with E-state index in [0.717, 1.165) is 11.9 Å². The highest BCUT2D eigenvalue weighted by Gasteiger charge is 2.30. The van der Waals surface area contributed by atoms with Crippen molar-refractivity contribution in [3.63, 3.8) is 0 Å². The maximum absolute atomic E-state index is 2.47. The lowest BCUT2D eigenvalue weighted by molar-refractivity contribution is 0.113. The van der Waals surface area contributed by atoms with Gasteiger partial charge < -0.3 is 4.90 Å². The van der Waals surface area contributed by atoms with Crippen LogP contribution in [0.1, 0.15) is 33.6 Å². The first-order chi connectivity index (χ1) is 5.41. The summed E-state index contributed by atoms with van der Waals surface area (Å²) in [5.74, 6) is 1.70. The molecule has 0 N–H and O–H groups in total. The van der Waals surface area contributed by atoms with Gasteiger partial charge in [-0.05, 0) is 43.7 Å². The third kappa shape index (κ3) is 2.26. The number of hydrogen-bond donors (Lipinski definition) is 0. The molecule has 0 saturated carbocycles. The average Bonchev–Trinajstić information content (AvgIpc) is 1.92. The Hall–Kier alpha value is 0.0249. The molecule has 2 unspecified atom stereocenters. The SMILES string of the molecule is BC1CC(C(C)(C)C)CCN1C. The van der Waals surface area contributed by atoms with Gasteiger partial charge in [0, 0.05) is 0 Å². The quantitative estimate of drug-likeness (QED) is 0.492. The summed E-state index contributed by atoms with van der Waals surface area (Å²) in [5.41, 5.74) is 0.509. The number of likely N-dealkylation sites (tertiary alicyclic amines) is 1. The Balaban J connectivity index is 2.51. The number of hydrogen-bond acceptors (Lipinski definition) is 1. The van der Waals surface area contributed by atoms with Crippen LogP contribution in [0.25, 0.3) is 0 Å². The minimum absolute atomic E-state index is 0.509. The molecule has 0 bridgehead atoms. The first-order valence-corrected chi connectivity index (χ1v) is 5.11. The minimum Gasteiger partial charge on any atom is -0.311 e. The van der Waals surface area contributed by atoms with Crippen molar-refractivity contribution >= 4 is 7.85 Å². The van der Waals surface area contributed by atoms with Crippen molar-refractivity contribution in [3.8, 4) is 0 Å². The molecule has 1 aliphatic heterocycles. The van der Waals surface area contributed by atoms with Crippen LogP contribution in [-0.2, 0) is 0 Å². The van der Waals surface area contributed by atoms with Gasteiger partial charge in [0.05, 0.1) is 0 Å². The second kappa shape index (κ2) is 3.41. The molecule has 1 saturated heterocycles. The van der Waals surface area contributed by atoms with Gasteiger partial charge in [-0.25, -0.2) is 0 Å². The Labute approximate surface area is 77.9 Å². The topological polar surface area (TPSA) is 3.24 Å². The Bertz CT molecular complexity index is 150. The van der Waals surface area contributed by atoms with Crippen molar-refractivity contribution in [1.82, 2.24) is 4.90 Å². The molecule has 1 aliphatic rings. The molecule has 0 spiro atoms. The van der Waals surface area contributed by atoms with Gasteiger partial charge in [0.15, 0.2) is 0 Å². The van der Waals surface area contributed by atoms with Crippen LogP contribution in [0.5, 0.6) is 0 Å². The summed E-state index contributed by atoms with van der Waals surface area (Å²) in [6.07, 6.45) is 2.75. The highest BCUT2D eigenvalue weighted by atomic mass is 15.1. The molecule has 0 aromatic heterocycles. The highest BCUT2D eigenvalue weighted by Crippen LogP contribution is 2.35. The molecule has 1 nitrogen and oxygen atoms in total. The molecule has 0 radical (unpaired) electrons. The predicted molar refractivity (Wildman–Crippen MR) is 57.1 cm³/mol. The molecule has 0 aliphatic carbocycles. The molecule has 12 heavy (non-hydrogen) atoms. The highest BCUT2D eigenvalue weighted by molar-refractivity contribution is 6.11. The lowest BCUT2D eigenvalue weighted by atomic mass is 9.70. The molecular formula is C10H22BN. The molecule has 1 heterocycles. The van der Waals surface area contributed by atoms with Crippen molar-refractivity contribution in [2.45, 2.75) is 39.6 Å². The number of rotatable bonds is 0. The van der Waals surface area contributed by atoms with Gasteiger partial charge in [-0.1, -0.05) is 20.8 Å². The van der Waals surface area contributed by atoms with Crippen LogP contribution in [0.3, 0.4) is 0 Å². The zero-order valence-corrected chi connectivity index (χ0v) is 9.22. The van der Waals surface area contributed by atoms with E-state index in [0.29, 0.717) is 5.41 Å². The normalized spacial score (nSPS) is 33.7. The van der Waals surface area contributed by atoms with Crippen LogP contribution in [0, 0.1) is 11.3 Å². The second-order valence-electron chi connectivity index (χ2n) is 5.42. The van der Waals surface area contributed by atoms with Crippen LogP contribution in [0.15, 0.2) is 0 Å². The van der Waals surface area contributed by atoms with Gasteiger partial charge in [-0.2, -0.15) is 0 Å². The van der Waals surface area contributed by atoms with E-state index in [1.165, 1.54) is 19.4 Å². The minimum atomic E-state index is 0.509. The molecule has 70 valence electrons. The van der Waals surface area contributed by atoms with Crippen molar-refractivity contribution in [2.75, 3.05) is 13.6 Å². The van der Waals surface area contributed by atoms with Crippen molar-refractivity contribution < 1.29 is 0 Å². The summed E-state index contributed by atoms with van der Waals surface area (Å²) in [7, 11) is 4.58. The van der Waals surface area contributed by atoms with E-state index in [2.05, 4.69) is 40.6 Å².